The van der Waals surface area contributed by atoms with E-state index in [1.807, 2.05) is 0 Å². The van der Waals surface area contributed by atoms with Gasteiger partial charge < -0.3 is 9.47 Å². The van der Waals surface area contributed by atoms with Crippen molar-refractivity contribution in [1.82, 2.24) is 0 Å². The Labute approximate surface area is 81.1 Å². The Bertz CT molecular complexity index is 181. The van der Waals surface area contributed by atoms with Crippen molar-refractivity contribution in [3.63, 3.8) is 0 Å². The molecule has 78 valence electrons. The van der Waals surface area contributed by atoms with Crippen molar-refractivity contribution in [3.05, 3.63) is 0 Å². The molecule has 0 bridgehead atoms. The van der Waals surface area contributed by atoms with Gasteiger partial charge in [-0.3, -0.25) is 9.00 Å². The lowest BCUT2D eigenvalue weighted by Crippen LogP contribution is -2.25. The minimum absolute atomic E-state index is 0.421. The van der Waals surface area contributed by atoms with E-state index in [2.05, 4.69) is 4.74 Å². The number of hydrogen-bond acceptors (Lipinski definition) is 4. The molecule has 0 aromatic heterocycles. The zero-order chi connectivity index (χ0) is 10.3. The number of hydrogen-bond donors (Lipinski definition) is 0. The highest BCUT2D eigenvalue weighted by atomic mass is 32.2. The van der Waals surface area contributed by atoms with Crippen molar-refractivity contribution in [3.8, 4) is 0 Å². The van der Waals surface area contributed by atoms with Crippen LogP contribution in [0.1, 0.15) is 13.3 Å². The molecule has 0 heterocycles. The molecule has 0 saturated carbocycles. The van der Waals surface area contributed by atoms with Crippen molar-refractivity contribution in [1.29, 1.82) is 0 Å². The monoisotopic (exact) mass is 208 g/mol. The van der Waals surface area contributed by atoms with Gasteiger partial charge in [0, 0.05) is 30.3 Å². The Morgan fingerprint density at radius 3 is 2.54 bits per heavy atom. The second-order valence-electron chi connectivity index (χ2n) is 2.60. The summed E-state index contributed by atoms with van der Waals surface area (Å²) in [7, 11) is 1.74. The number of rotatable bonds is 6. The molecule has 2 atom stereocenters. The predicted molar refractivity (Wildman–Crippen MR) is 51.0 cm³/mol. The molecule has 5 heteroatoms. The minimum Gasteiger partial charge on any atom is -0.468 e. The predicted octanol–water partition coefficient (Wildman–Crippen LogP) is 0.333. The van der Waals surface area contributed by atoms with Crippen LogP contribution in [0.25, 0.3) is 0 Å². The Morgan fingerprint density at radius 1 is 1.46 bits per heavy atom. The second-order valence-corrected chi connectivity index (χ2v) is 4.47. The van der Waals surface area contributed by atoms with E-state index in [9.17, 15) is 9.00 Å². The minimum atomic E-state index is -1.15. The van der Waals surface area contributed by atoms with Crippen LogP contribution in [0.3, 0.4) is 0 Å². The molecule has 0 aliphatic heterocycles. The molecule has 0 saturated heterocycles. The fourth-order valence-electron chi connectivity index (χ4n) is 0.796. The van der Waals surface area contributed by atoms with Gasteiger partial charge in [-0.15, -0.1) is 0 Å². The van der Waals surface area contributed by atoms with Crippen molar-refractivity contribution in [2.45, 2.75) is 18.6 Å². The third-order valence-corrected chi connectivity index (χ3v) is 3.29. The number of carbonyl (C=O) groups is 1. The number of methoxy groups -OCH3 is 2. The summed E-state index contributed by atoms with van der Waals surface area (Å²) in [6.45, 7) is 2.17. The van der Waals surface area contributed by atoms with E-state index in [0.717, 1.165) is 0 Å². The van der Waals surface area contributed by atoms with Crippen LogP contribution in [0.15, 0.2) is 0 Å². The van der Waals surface area contributed by atoms with Gasteiger partial charge in [-0.2, -0.15) is 0 Å². The molecule has 0 amide bonds. The number of carbonyl (C=O) groups excluding carboxylic acids is 1. The van der Waals surface area contributed by atoms with Gasteiger partial charge in [-0.1, -0.05) is 0 Å². The molecule has 0 aliphatic rings. The maximum Gasteiger partial charge on any atom is 0.321 e. The highest BCUT2D eigenvalue weighted by Crippen LogP contribution is 2.00. The third-order valence-electron chi connectivity index (χ3n) is 1.62. The highest BCUT2D eigenvalue weighted by molar-refractivity contribution is 7.86. The standard InChI is InChI=1S/C8H16O4S/c1-7(8(9)12-3)13(10)6-4-5-11-2/h7H,4-6H2,1-3H3. The smallest absolute Gasteiger partial charge is 0.321 e. The van der Waals surface area contributed by atoms with E-state index in [0.29, 0.717) is 18.8 Å². The Kier molecular flexibility index (Phi) is 6.80. The van der Waals surface area contributed by atoms with Crippen molar-refractivity contribution in [2.24, 2.45) is 0 Å². The molecule has 0 aromatic carbocycles. The SMILES string of the molecule is COCCCS(=O)C(C)C(=O)OC. The van der Waals surface area contributed by atoms with Crippen molar-refractivity contribution < 1.29 is 18.5 Å². The van der Waals surface area contributed by atoms with Crippen LogP contribution >= 0.6 is 0 Å². The van der Waals surface area contributed by atoms with E-state index < -0.39 is 22.0 Å². The zero-order valence-electron chi connectivity index (χ0n) is 8.24. The molecule has 0 rings (SSSR count). The fraction of sp³-hybridized carbons (Fsp3) is 0.875. The first kappa shape index (κ1) is 12.6. The van der Waals surface area contributed by atoms with E-state index in [1.165, 1.54) is 7.11 Å². The van der Waals surface area contributed by atoms with Gasteiger partial charge in [0.25, 0.3) is 0 Å². The summed E-state index contributed by atoms with van der Waals surface area (Å²) < 4.78 is 20.7. The Morgan fingerprint density at radius 2 is 2.08 bits per heavy atom. The van der Waals surface area contributed by atoms with E-state index in [-0.39, 0.29) is 0 Å². The van der Waals surface area contributed by atoms with Crippen LogP contribution in [0.2, 0.25) is 0 Å². The highest BCUT2D eigenvalue weighted by Gasteiger charge is 2.19. The van der Waals surface area contributed by atoms with Crippen LogP contribution in [0, 0.1) is 0 Å². The Hall–Kier alpha value is -0.420. The number of esters is 1. The van der Waals surface area contributed by atoms with Crippen LogP contribution < -0.4 is 0 Å². The summed E-state index contributed by atoms with van der Waals surface area (Å²) >= 11 is 0. The molecule has 0 radical (unpaired) electrons. The van der Waals surface area contributed by atoms with Gasteiger partial charge >= 0.3 is 5.97 Å². The first-order chi connectivity index (χ1) is 6.13. The summed E-state index contributed by atoms with van der Waals surface area (Å²) in [5, 5.41) is -0.540. The van der Waals surface area contributed by atoms with Crippen LogP contribution in [-0.4, -0.2) is 42.0 Å². The maximum absolute atomic E-state index is 11.4. The van der Waals surface area contributed by atoms with Gasteiger partial charge in [0.1, 0.15) is 5.25 Å². The molecule has 0 aliphatic carbocycles. The van der Waals surface area contributed by atoms with E-state index >= 15 is 0 Å². The molecule has 4 nitrogen and oxygen atoms in total. The summed E-state index contributed by atoms with van der Waals surface area (Å²) in [4.78, 5) is 10.9. The summed E-state index contributed by atoms with van der Waals surface area (Å²) in [5.74, 6) is 0.0557. The van der Waals surface area contributed by atoms with Crippen LogP contribution in [0.5, 0.6) is 0 Å². The largest absolute Gasteiger partial charge is 0.468 e. The topological polar surface area (TPSA) is 52.6 Å². The first-order valence-corrected chi connectivity index (χ1v) is 5.45. The lowest BCUT2D eigenvalue weighted by molar-refractivity contribution is -0.139. The van der Waals surface area contributed by atoms with Gasteiger partial charge in [0.2, 0.25) is 0 Å². The molecule has 0 aromatic rings. The van der Waals surface area contributed by atoms with E-state index in [4.69, 9.17) is 4.74 Å². The van der Waals surface area contributed by atoms with Crippen molar-refractivity contribution >= 4 is 16.8 Å². The lowest BCUT2D eigenvalue weighted by atomic mass is 10.5. The van der Waals surface area contributed by atoms with Crippen LogP contribution in [0.4, 0.5) is 0 Å². The van der Waals surface area contributed by atoms with Gasteiger partial charge in [-0.05, 0) is 13.3 Å². The average Bonchev–Trinajstić information content (AvgIpc) is 2.15. The maximum atomic E-state index is 11.4. The normalized spacial score (nSPS) is 15.0. The van der Waals surface area contributed by atoms with Gasteiger partial charge in [0.05, 0.1) is 7.11 Å². The van der Waals surface area contributed by atoms with Crippen LogP contribution in [-0.2, 0) is 25.1 Å². The molecular weight excluding hydrogens is 192 g/mol. The molecule has 0 spiro atoms. The second kappa shape index (κ2) is 7.03. The quantitative estimate of drug-likeness (QED) is 0.466. The molecule has 2 unspecified atom stereocenters. The molecule has 13 heavy (non-hydrogen) atoms. The number of ether oxygens (including phenoxy) is 2. The molecular formula is C8H16O4S. The van der Waals surface area contributed by atoms with Crippen molar-refractivity contribution in [2.75, 3.05) is 26.6 Å². The first-order valence-electron chi connectivity index (χ1n) is 4.07. The van der Waals surface area contributed by atoms with Gasteiger partial charge in [0.15, 0.2) is 0 Å². The van der Waals surface area contributed by atoms with E-state index in [1.54, 1.807) is 14.0 Å². The molecule has 0 N–H and O–H groups in total. The third kappa shape index (κ3) is 5.00. The summed E-state index contributed by atoms with van der Waals surface area (Å²) in [5.41, 5.74) is 0. The average molecular weight is 208 g/mol. The summed E-state index contributed by atoms with van der Waals surface area (Å²) in [6.07, 6.45) is 0.699. The zero-order valence-corrected chi connectivity index (χ0v) is 9.06. The lowest BCUT2D eigenvalue weighted by Gasteiger charge is -2.08. The summed E-state index contributed by atoms with van der Waals surface area (Å²) in [6, 6.07) is 0. The Balaban J connectivity index is 3.76. The fourth-order valence-corrected chi connectivity index (χ4v) is 1.86. The molecule has 0 fully saturated rings. The van der Waals surface area contributed by atoms with Gasteiger partial charge in [-0.25, -0.2) is 0 Å².